The van der Waals surface area contributed by atoms with E-state index in [4.69, 9.17) is 4.52 Å². The average molecular weight is 212 g/mol. The third kappa shape index (κ3) is 4.55. The summed E-state index contributed by atoms with van der Waals surface area (Å²) in [6.45, 7) is 2.88. The molecule has 1 amide bonds. The summed E-state index contributed by atoms with van der Waals surface area (Å²) in [5.74, 6) is 1.02. The molecule has 0 radical (unpaired) electrons. The Morgan fingerprint density at radius 3 is 2.93 bits per heavy atom. The molecule has 0 bridgehead atoms. The maximum Gasteiger partial charge on any atom is 0.223 e. The summed E-state index contributed by atoms with van der Waals surface area (Å²) in [7, 11) is 1.86. The Hall–Kier alpha value is -1.43. The van der Waals surface area contributed by atoms with E-state index in [2.05, 4.69) is 20.8 Å². The molecule has 15 heavy (non-hydrogen) atoms. The lowest BCUT2D eigenvalue weighted by atomic mass is 10.3. The second-order valence-electron chi connectivity index (χ2n) is 3.21. The largest absolute Gasteiger partial charge is 0.349 e. The van der Waals surface area contributed by atoms with E-state index in [1.54, 1.807) is 6.92 Å². The minimum atomic E-state index is 0.00713. The summed E-state index contributed by atoms with van der Waals surface area (Å²) in [6, 6.07) is 0. The van der Waals surface area contributed by atoms with Gasteiger partial charge in [-0.05, 0) is 20.0 Å². The van der Waals surface area contributed by atoms with Crippen molar-refractivity contribution in [2.24, 2.45) is 0 Å². The number of aromatic nitrogens is 2. The van der Waals surface area contributed by atoms with Crippen LogP contribution in [0.2, 0.25) is 0 Å². The second-order valence-corrected chi connectivity index (χ2v) is 3.21. The number of aryl methyl sites for hydroxylation is 1. The zero-order valence-corrected chi connectivity index (χ0v) is 9.04. The van der Waals surface area contributed by atoms with Crippen LogP contribution >= 0.6 is 0 Å². The summed E-state index contributed by atoms with van der Waals surface area (Å²) in [5.41, 5.74) is 0. The number of carbonyl (C=O) groups is 1. The van der Waals surface area contributed by atoms with Crippen LogP contribution in [-0.4, -0.2) is 29.6 Å². The predicted octanol–water partition coefficient (Wildman–Crippen LogP) is -0.00618. The van der Waals surface area contributed by atoms with E-state index < -0.39 is 0 Å². The molecule has 0 fully saturated rings. The number of amides is 1. The minimum absolute atomic E-state index is 0.00713. The van der Waals surface area contributed by atoms with Gasteiger partial charge in [-0.3, -0.25) is 4.79 Å². The van der Waals surface area contributed by atoms with Gasteiger partial charge in [0.15, 0.2) is 5.82 Å². The molecule has 6 heteroatoms. The Labute approximate surface area is 88.4 Å². The van der Waals surface area contributed by atoms with Gasteiger partial charge < -0.3 is 15.2 Å². The van der Waals surface area contributed by atoms with Crippen molar-refractivity contribution in [1.82, 2.24) is 20.8 Å². The van der Waals surface area contributed by atoms with E-state index in [9.17, 15) is 4.79 Å². The van der Waals surface area contributed by atoms with Gasteiger partial charge in [0, 0.05) is 13.3 Å². The molecule has 0 unspecified atom stereocenters. The van der Waals surface area contributed by atoms with Crippen LogP contribution in [0, 0.1) is 6.92 Å². The molecule has 0 atom stereocenters. The van der Waals surface area contributed by atoms with Gasteiger partial charge in [-0.25, -0.2) is 0 Å². The first-order valence-corrected chi connectivity index (χ1v) is 4.93. The van der Waals surface area contributed by atoms with E-state index in [0.717, 1.165) is 13.0 Å². The molecule has 0 aromatic carbocycles. The van der Waals surface area contributed by atoms with Crippen LogP contribution in [0.3, 0.4) is 0 Å². The molecule has 0 saturated carbocycles. The highest BCUT2D eigenvalue weighted by Crippen LogP contribution is 1.94. The average Bonchev–Trinajstić information content (AvgIpc) is 2.62. The van der Waals surface area contributed by atoms with E-state index in [1.807, 2.05) is 7.05 Å². The number of hydrogen-bond acceptors (Lipinski definition) is 5. The molecule has 1 aromatic heterocycles. The van der Waals surface area contributed by atoms with Gasteiger partial charge in [0.1, 0.15) is 0 Å². The van der Waals surface area contributed by atoms with Crippen LogP contribution in [0.1, 0.15) is 24.6 Å². The summed E-state index contributed by atoms with van der Waals surface area (Å²) < 4.78 is 4.77. The molecule has 1 rings (SSSR count). The molecule has 0 aliphatic rings. The predicted molar refractivity (Wildman–Crippen MR) is 54.0 cm³/mol. The van der Waals surface area contributed by atoms with Gasteiger partial charge in [-0.15, -0.1) is 0 Å². The van der Waals surface area contributed by atoms with Crippen molar-refractivity contribution in [2.45, 2.75) is 26.3 Å². The normalized spacial score (nSPS) is 10.3. The van der Waals surface area contributed by atoms with E-state index in [-0.39, 0.29) is 5.91 Å². The quantitative estimate of drug-likeness (QED) is 0.648. The maximum absolute atomic E-state index is 11.3. The van der Waals surface area contributed by atoms with E-state index in [0.29, 0.717) is 24.7 Å². The lowest BCUT2D eigenvalue weighted by Gasteiger charge is -2.01. The Morgan fingerprint density at radius 2 is 2.33 bits per heavy atom. The first-order valence-electron chi connectivity index (χ1n) is 4.93. The monoisotopic (exact) mass is 212 g/mol. The summed E-state index contributed by atoms with van der Waals surface area (Å²) in [5, 5.41) is 9.37. The van der Waals surface area contributed by atoms with Crippen molar-refractivity contribution in [2.75, 3.05) is 13.6 Å². The fourth-order valence-corrected chi connectivity index (χ4v) is 1.10. The van der Waals surface area contributed by atoms with Crippen LogP contribution in [0.4, 0.5) is 0 Å². The first kappa shape index (κ1) is 11.6. The maximum atomic E-state index is 11.3. The smallest absolute Gasteiger partial charge is 0.223 e. The highest BCUT2D eigenvalue weighted by atomic mass is 16.5. The van der Waals surface area contributed by atoms with Gasteiger partial charge in [0.25, 0.3) is 0 Å². The Bertz CT molecular complexity index is 311. The number of carbonyl (C=O) groups excluding carboxylic acids is 1. The van der Waals surface area contributed by atoms with Crippen molar-refractivity contribution in [3.05, 3.63) is 11.7 Å². The van der Waals surface area contributed by atoms with Crippen LogP contribution < -0.4 is 10.6 Å². The van der Waals surface area contributed by atoms with Crippen LogP contribution in [-0.2, 0) is 11.3 Å². The summed E-state index contributed by atoms with van der Waals surface area (Å²) in [6.07, 6.45) is 1.34. The summed E-state index contributed by atoms with van der Waals surface area (Å²) in [4.78, 5) is 15.2. The topological polar surface area (TPSA) is 80.0 Å². The molecule has 1 heterocycles. The van der Waals surface area contributed by atoms with Gasteiger partial charge >= 0.3 is 0 Å². The molecule has 0 aliphatic heterocycles. The highest BCUT2D eigenvalue weighted by Gasteiger charge is 2.04. The highest BCUT2D eigenvalue weighted by molar-refractivity contribution is 5.75. The molecule has 6 nitrogen and oxygen atoms in total. The fourth-order valence-electron chi connectivity index (χ4n) is 1.10. The fraction of sp³-hybridized carbons (Fsp3) is 0.667. The van der Waals surface area contributed by atoms with Crippen LogP contribution in [0.15, 0.2) is 4.52 Å². The lowest BCUT2D eigenvalue weighted by molar-refractivity contribution is -0.121. The number of nitrogens with zero attached hydrogens (tertiary/aromatic N) is 2. The molecule has 2 N–H and O–H groups in total. The third-order valence-electron chi connectivity index (χ3n) is 1.84. The van der Waals surface area contributed by atoms with Crippen molar-refractivity contribution >= 4 is 5.91 Å². The molecule has 0 saturated heterocycles. The molecule has 0 aliphatic carbocycles. The van der Waals surface area contributed by atoms with Crippen molar-refractivity contribution in [1.29, 1.82) is 0 Å². The van der Waals surface area contributed by atoms with Crippen LogP contribution in [0.5, 0.6) is 0 Å². The molecular formula is C9H16N4O2. The first-order chi connectivity index (χ1) is 7.22. The molecule has 84 valence electrons. The molecule has 0 spiro atoms. The van der Waals surface area contributed by atoms with Gasteiger partial charge in [-0.1, -0.05) is 5.16 Å². The summed E-state index contributed by atoms with van der Waals surface area (Å²) >= 11 is 0. The number of hydrogen-bond donors (Lipinski definition) is 2. The van der Waals surface area contributed by atoms with Crippen molar-refractivity contribution in [3.8, 4) is 0 Å². The van der Waals surface area contributed by atoms with E-state index in [1.165, 1.54) is 0 Å². The van der Waals surface area contributed by atoms with Gasteiger partial charge in [0.2, 0.25) is 11.8 Å². The Morgan fingerprint density at radius 1 is 1.53 bits per heavy atom. The van der Waals surface area contributed by atoms with Gasteiger partial charge in [-0.2, -0.15) is 4.98 Å². The molecule has 1 aromatic rings. The van der Waals surface area contributed by atoms with Crippen molar-refractivity contribution in [3.63, 3.8) is 0 Å². The third-order valence-corrected chi connectivity index (χ3v) is 1.84. The van der Waals surface area contributed by atoms with Crippen LogP contribution in [0.25, 0.3) is 0 Å². The Kier molecular flexibility index (Phi) is 4.76. The van der Waals surface area contributed by atoms with E-state index >= 15 is 0 Å². The zero-order chi connectivity index (χ0) is 11.1. The number of rotatable bonds is 6. The van der Waals surface area contributed by atoms with Crippen molar-refractivity contribution < 1.29 is 9.32 Å². The Balaban J connectivity index is 2.16. The SMILES string of the molecule is CNCCCC(=O)NCc1noc(C)n1. The van der Waals surface area contributed by atoms with Gasteiger partial charge in [0.05, 0.1) is 6.54 Å². The lowest BCUT2D eigenvalue weighted by Crippen LogP contribution is -2.24. The zero-order valence-electron chi connectivity index (χ0n) is 9.04. The minimum Gasteiger partial charge on any atom is -0.349 e. The molecular weight excluding hydrogens is 196 g/mol. The second kappa shape index (κ2) is 6.13. The standard InChI is InChI=1S/C9H16N4O2/c1-7-12-8(13-15-7)6-11-9(14)4-3-5-10-2/h10H,3-6H2,1-2H3,(H,11,14). The number of nitrogens with one attached hydrogen (secondary N) is 2.